The van der Waals surface area contributed by atoms with E-state index in [1.807, 2.05) is 30.3 Å². The molecular formula is C23H16ClFN2O2. The summed E-state index contributed by atoms with van der Waals surface area (Å²) in [6.45, 7) is 0. The Kier molecular flexibility index (Phi) is 5.14. The molecule has 4 rings (SSSR count). The first-order chi connectivity index (χ1) is 14.1. The number of anilines is 1. The number of carbonyl (C=O) groups is 1. The predicted octanol–water partition coefficient (Wildman–Crippen LogP) is 5.32. The summed E-state index contributed by atoms with van der Waals surface area (Å²) in [5.74, 6) is 0.356. The van der Waals surface area contributed by atoms with Gasteiger partial charge in [0.25, 0.3) is 5.91 Å². The van der Waals surface area contributed by atoms with Gasteiger partial charge in [0.1, 0.15) is 23.1 Å². The second kappa shape index (κ2) is 7.89. The van der Waals surface area contributed by atoms with E-state index in [0.717, 1.165) is 5.56 Å². The number of hydrogen-bond acceptors (Lipinski definition) is 3. The molecule has 1 heterocycles. The van der Waals surface area contributed by atoms with Crippen molar-refractivity contribution in [3.63, 3.8) is 0 Å². The maximum absolute atomic E-state index is 13.4. The number of aliphatic imine (C=N–C) groups is 1. The van der Waals surface area contributed by atoms with Crippen molar-refractivity contribution in [3.05, 3.63) is 100 Å². The fourth-order valence-corrected chi connectivity index (χ4v) is 3.28. The first kappa shape index (κ1) is 18.9. The molecule has 0 bridgehead atoms. The van der Waals surface area contributed by atoms with Crippen LogP contribution in [0.2, 0.25) is 5.02 Å². The van der Waals surface area contributed by atoms with Gasteiger partial charge in [-0.05, 0) is 60.2 Å². The Morgan fingerprint density at radius 3 is 2.52 bits per heavy atom. The van der Waals surface area contributed by atoms with E-state index >= 15 is 0 Å². The highest BCUT2D eigenvalue weighted by molar-refractivity contribution is 6.39. The smallest absolute Gasteiger partial charge is 0.282 e. The van der Waals surface area contributed by atoms with Crippen molar-refractivity contribution in [2.24, 2.45) is 4.99 Å². The molecule has 3 aromatic carbocycles. The molecule has 1 aliphatic heterocycles. The Morgan fingerprint density at radius 1 is 1.03 bits per heavy atom. The van der Waals surface area contributed by atoms with Gasteiger partial charge in [0.15, 0.2) is 0 Å². The summed E-state index contributed by atoms with van der Waals surface area (Å²) < 4.78 is 18.7. The molecule has 144 valence electrons. The zero-order chi connectivity index (χ0) is 20.4. The zero-order valence-electron chi connectivity index (χ0n) is 15.5. The molecule has 0 saturated heterocycles. The average Bonchev–Trinajstić information content (AvgIpc) is 3.05. The Hall–Kier alpha value is -3.44. The summed E-state index contributed by atoms with van der Waals surface area (Å²) in [7, 11) is 1.58. The maximum Gasteiger partial charge on any atom is 0.282 e. The van der Waals surface area contributed by atoms with Gasteiger partial charge in [0.05, 0.1) is 17.8 Å². The van der Waals surface area contributed by atoms with Crippen molar-refractivity contribution in [3.8, 4) is 5.75 Å². The molecule has 0 aromatic heterocycles. The minimum absolute atomic E-state index is 0.248. The Balaban J connectivity index is 1.84. The first-order valence-electron chi connectivity index (χ1n) is 8.86. The lowest BCUT2D eigenvalue weighted by atomic mass is 10.1. The highest BCUT2D eigenvalue weighted by atomic mass is 35.5. The van der Waals surface area contributed by atoms with Crippen molar-refractivity contribution in [1.82, 2.24) is 0 Å². The van der Waals surface area contributed by atoms with Crippen LogP contribution in [0.3, 0.4) is 0 Å². The van der Waals surface area contributed by atoms with E-state index in [2.05, 4.69) is 4.99 Å². The van der Waals surface area contributed by atoms with Gasteiger partial charge in [0.2, 0.25) is 0 Å². The number of hydrogen-bond donors (Lipinski definition) is 0. The van der Waals surface area contributed by atoms with Gasteiger partial charge in [-0.3, -0.25) is 9.69 Å². The first-order valence-corrected chi connectivity index (χ1v) is 9.24. The molecule has 0 spiro atoms. The van der Waals surface area contributed by atoms with E-state index in [1.54, 1.807) is 31.4 Å². The van der Waals surface area contributed by atoms with Crippen LogP contribution in [-0.2, 0) is 4.79 Å². The highest BCUT2D eigenvalue weighted by Crippen LogP contribution is 2.30. The van der Waals surface area contributed by atoms with Crippen molar-refractivity contribution in [2.75, 3.05) is 12.0 Å². The molecule has 1 amide bonds. The number of methoxy groups -OCH3 is 1. The van der Waals surface area contributed by atoms with Crippen molar-refractivity contribution >= 4 is 35.1 Å². The van der Waals surface area contributed by atoms with Crippen LogP contribution < -0.4 is 9.64 Å². The number of halogens is 2. The van der Waals surface area contributed by atoms with Gasteiger partial charge in [-0.1, -0.05) is 35.9 Å². The number of amidine groups is 1. The van der Waals surface area contributed by atoms with Gasteiger partial charge < -0.3 is 4.74 Å². The Morgan fingerprint density at radius 2 is 1.79 bits per heavy atom. The van der Waals surface area contributed by atoms with Gasteiger partial charge in [-0.25, -0.2) is 9.38 Å². The summed E-state index contributed by atoms with van der Waals surface area (Å²) in [4.78, 5) is 19.2. The van der Waals surface area contributed by atoms with E-state index in [9.17, 15) is 9.18 Å². The third-order valence-corrected chi connectivity index (χ3v) is 4.79. The summed E-state index contributed by atoms with van der Waals surface area (Å²) in [6.07, 6.45) is 1.69. The molecule has 29 heavy (non-hydrogen) atoms. The Bertz CT molecular complexity index is 1140. The number of ether oxygens (including phenoxy) is 1. The van der Waals surface area contributed by atoms with E-state index in [0.29, 0.717) is 27.9 Å². The van der Waals surface area contributed by atoms with E-state index in [1.165, 1.54) is 29.2 Å². The van der Waals surface area contributed by atoms with Gasteiger partial charge >= 0.3 is 0 Å². The lowest BCUT2D eigenvalue weighted by Crippen LogP contribution is -2.32. The topological polar surface area (TPSA) is 41.9 Å². The average molecular weight is 407 g/mol. The van der Waals surface area contributed by atoms with Crippen molar-refractivity contribution in [2.45, 2.75) is 0 Å². The monoisotopic (exact) mass is 406 g/mol. The third-order valence-electron chi connectivity index (χ3n) is 4.46. The minimum atomic E-state index is -0.385. The van der Waals surface area contributed by atoms with E-state index in [-0.39, 0.29) is 17.4 Å². The molecule has 0 fully saturated rings. The number of amides is 1. The second-order valence-corrected chi connectivity index (χ2v) is 6.75. The molecule has 0 unspecified atom stereocenters. The Labute approximate surface area is 172 Å². The van der Waals surface area contributed by atoms with Crippen LogP contribution in [-0.4, -0.2) is 18.9 Å². The predicted molar refractivity (Wildman–Crippen MR) is 113 cm³/mol. The molecular weight excluding hydrogens is 391 g/mol. The summed E-state index contributed by atoms with van der Waals surface area (Å²) in [5.41, 5.74) is 2.14. The van der Waals surface area contributed by atoms with Gasteiger partial charge in [-0.15, -0.1) is 0 Å². The van der Waals surface area contributed by atoms with Crippen molar-refractivity contribution in [1.29, 1.82) is 0 Å². The molecule has 0 N–H and O–H groups in total. The second-order valence-electron chi connectivity index (χ2n) is 6.34. The van der Waals surface area contributed by atoms with Crippen molar-refractivity contribution < 1.29 is 13.9 Å². The van der Waals surface area contributed by atoms with Crippen LogP contribution in [0.4, 0.5) is 10.1 Å². The summed E-state index contributed by atoms with van der Waals surface area (Å²) in [5, 5.41) is 0.466. The van der Waals surface area contributed by atoms with Crippen LogP contribution in [0, 0.1) is 5.82 Å². The summed E-state index contributed by atoms with van der Waals surface area (Å²) >= 11 is 6.36. The number of benzene rings is 3. The standard InChI is InChI=1S/C23H16ClFN2O2/c1-29-18-6-4-5-15(13-18)14-21-23(28)27(17-11-9-16(25)10-12-17)22(26-21)19-7-2-3-8-20(19)24/h2-14H,1H3/b21-14+. The van der Waals surface area contributed by atoms with Crippen LogP contribution >= 0.6 is 11.6 Å². The quantitative estimate of drug-likeness (QED) is 0.550. The largest absolute Gasteiger partial charge is 0.497 e. The lowest BCUT2D eigenvalue weighted by molar-refractivity contribution is -0.113. The fraction of sp³-hybridized carbons (Fsp3) is 0.0435. The molecule has 0 atom stereocenters. The number of rotatable bonds is 4. The minimum Gasteiger partial charge on any atom is -0.497 e. The SMILES string of the molecule is COc1cccc(/C=C2/N=C(c3ccccc3Cl)N(c3ccc(F)cc3)C2=O)c1. The van der Waals surface area contributed by atoms with Crippen LogP contribution in [0.1, 0.15) is 11.1 Å². The number of nitrogens with zero attached hydrogens (tertiary/aromatic N) is 2. The summed E-state index contributed by atoms with van der Waals surface area (Å²) in [6, 6.07) is 20.1. The maximum atomic E-state index is 13.4. The molecule has 1 aliphatic rings. The number of carbonyl (C=O) groups excluding carboxylic acids is 1. The van der Waals surface area contributed by atoms with Gasteiger partial charge in [-0.2, -0.15) is 0 Å². The molecule has 0 radical (unpaired) electrons. The van der Waals surface area contributed by atoms with Crippen LogP contribution in [0.5, 0.6) is 5.75 Å². The van der Waals surface area contributed by atoms with E-state index < -0.39 is 0 Å². The lowest BCUT2D eigenvalue weighted by Gasteiger charge is -2.19. The fourth-order valence-electron chi connectivity index (χ4n) is 3.06. The van der Waals surface area contributed by atoms with Crippen LogP contribution in [0.25, 0.3) is 6.08 Å². The normalized spacial score (nSPS) is 15.0. The molecule has 0 aliphatic carbocycles. The third kappa shape index (κ3) is 3.77. The zero-order valence-corrected chi connectivity index (χ0v) is 16.2. The van der Waals surface area contributed by atoms with Gasteiger partial charge in [0, 0.05) is 5.56 Å². The molecule has 3 aromatic rings. The molecule has 6 heteroatoms. The molecule has 0 saturated carbocycles. The molecule has 4 nitrogen and oxygen atoms in total. The van der Waals surface area contributed by atoms with E-state index in [4.69, 9.17) is 16.3 Å². The van der Waals surface area contributed by atoms with Crippen LogP contribution in [0.15, 0.2) is 83.5 Å². The highest BCUT2D eigenvalue weighted by Gasteiger charge is 2.33.